The van der Waals surface area contributed by atoms with Crippen LogP contribution in [0.5, 0.6) is 0 Å². The Bertz CT molecular complexity index is 1040. The van der Waals surface area contributed by atoms with Gasteiger partial charge in [-0.05, 0) is 35.4 Å². The summed E-state index contributed by atoms with van der Waals surface area (Å²) in [5.74, 6) is -0.679. The summed E-state index contributed by atoms with van der Waals surface area (Å²) in [5, 5.41) is 1.00. The van der Waals surface area contributed by atoms with Gasteiger partial charge in [0.1, 0.15) is 6.04 Å². The number of nitrogens with zero attached hydrogens (tertiary/aromatic N) is 1. The summed E-state index contributed by atoms with van der Waals surface area (Å²) < 4.78 is 0. The van der Waals surface area contributed by atoms with Crippen LogP contribution in [0.15, 0.2) is 83.8 Å². The molecule has 0 saturated carbocycles. The molecule has 3 aromatic carbocycles. The Kier molecular flexibility index (Phi) is 5.47. The van der Waals surface area contributed by atoms with Gasteiger partial charge in [0.15, 0.2) is 5.25 Å². The van der Waals surface area contributed by atoms with Gasteiger partial charge < -0.3 is 5.73 Å². The van der Waals surface area contributed by atoms with E-state index in [1.165, 1.54) is 5.01 Å². The second-order valence-corrected chi connectivity index (χ2v) is 8.15. The Morgan fingerprint density at radius 2 is 1.52 bits per heavy atom. The molecule has 146 valence electrons. The molecule has 2 amide bonds. The highest BCUT2D eigenvalue weighted by atomic mass is 35.5. The minimum absolute atomic E-state index is 0.314. The van der Waals surface area contributed by atoms with Gasteiger partial charge in [-0.2, -0.15) is 0 Å². The molecule has 0 aromatic heterocycles. The number of rotatable bonds is 5. The summed E-state index contributed by atoms with van der Waals surface area (Å²) in [6, 6.07) is 23.5. The molecule has 1 aliphatic rings. The topological polar surface area (TPSA) is 75.4 Å². The minimum Gasteiger partial charge on any atom is -0.399 e. The number of anilines is 1. The van der Waals surface area contributed by atoms with E-state index in [1.807, 2.05) is 54.6 Å². The highest BCUT2D eigenvalue weighted by molar-refractivity contribution is 8.01. The molecule has 0 radical (unpaired) electrons. The monoisotopic (exact) mass is 423 g/mol. The van der Waals surface area contributed by atoms with Crippen molar-refractivity contribution in [3.05, 3.63) is 95.0 Å². The van der Waals surface area contributed by atoms with E-state index >= 15 is 0 Å². The number of carbonyl (C=O) groups is 2. The number of amides is 2. The van der Waals surface area contributed by atoms with Crippen LogP contribution in [0.25, 0.3) is 0 Å². The smallest absolute Gasteiger partial charge is 0.265 e. The van der Waals surface area contributed by atoms with E-state index in [-0.39, 0.29) is 11.8 Å². The lowest BCUT2D eigenvalue weighted by Gasteiger charge is -2.28. The zero-order valence-corrected chi connectivity index (χ0v) is 16.9. The van der Waals surface area contributed by atoms with E-state index < -0.39 is 11.3 Å². The Morgan fingerprint density at radius 1 is 0.897 bits per heavy atom. The summed E-state index contributed by atoms with van der Waals surface area (Å²) in [7, 11) is 0. The van der Waals surface area contributed by atoms with Gasteiger partial charge in [0.2, 0.25) is 0 Å². The van der Waals surface area contributed by atoms with E-state index in [0.29, 0.717) is 15.6 Å². The van der Waals surface area contributed by atoms with Crippen molar-refractivity contribution in [2.24, 2.45) is 0 Å². The number of hydrogen-bond donors (Lipinski definition) is 2. The van der Waals surface area contributed by atoms with Crippen molar-refractivity contribution in [3.8, 4) is 0 Å². The zero-order chi connectivity index (χ0) is 20.4. The molecule has 7 heteroatoms. The van der Waals surface area contributed by atoms with Crippen LogP contribution in [-0.2, 0) is 9.59 Å². The van der Waals surface area contributed by atoms with Crippen molar-refractivity contribution in [1.82, 2.24) is 10.4 Å². The normalized spacial score (nSPS) is 17.3. The number of thioether (sulfide) groups is 1. The number of carbonyl (C=O) groups excluding carboxylic acids is 2. The van der Waals surface area contributed by atoms with Crippen LogP contribution in [0.4, 0.5) is 5.69 Å². The summed E-state index contributed by atoms with van der Waals surface area (Å²) in [5.41, 5.74) is 10.9. The second kappa shape index (κ2) is 8.19. The van der Waals surface area contributed by atoms with Gasteiger partial charge in [-0.25, -0.2) is 5.01 Å². The molecule has 4 rings (SSSR count). The third-order valence-corrected chi connectivity index (χ3v) is 6.34. The van der Waals surface area contributed by atoms with Crippen molar-refractivity contribution in [2.75, 3.05) is 5.73 Å². The fourth-order valence-corrected chi connectivity index (χ4v) is 4.47. The number of hydrazine groups is 1. The van der Waals surface area contributed by atoms with Gasteiger partial charge in [-0.1, -0.05) is 66.2 Å². The van der Waals surface area contributed by atoms with Crippen molar-refractivity contribution >= 4 is 40.9 Å². The van der Waals surface area contributed by atoms with E-state index in [9.17, 15) is 9.59 Å². The maximum atomic E-state index is 13.2. The molecule has 1 saturated heterocycles. The predicted molar refractivity (Wildman–Crippen MR) is 115 cm³/mol. The number of halogens is 1. The molecule has 2 unspecified atom stereocenters. The third-order valence-electron chi connectivity index (χ3n) is 4.64. The first-order chi connectivity index (χ1) is 14.0. The lowest BCUT2D eigenvalue weighted by atomic mass is 9.98. The van der Waals surface area contributed by atoms with Gasteiger partial charge in [0, 0.05) is 10.6 Å². The average Bonchev–Trinajstić information content (AvgIpc) is 3.00. The van der Waals surface area contributed by atoms with Gasteiger partial charge in [0.05, 0.1) is 5.02 Å². The van der Waals surface area contributed by atoms with E-state index in [4.69, 9.17) is 17.3 Å². The largest absolute Gasteiger partial charge is 0.399 e. The van der Waals surface area contributed by atoms with Crippen LogP contribution in [0.1, 0.15) is 17.2 Å². The van der Waals surface area contributed by atoms with Crippen molar-refractivity contribution < 1.29 is 9.59 Å². The summed E-state index contributed by atoms with van der Waals surface area (Å²) in [4.78, 5) is 26.6. The fraction of sp³-hybridized carbons (Fsp3) is 0.0909. The van der Waals surface area contributed by atoms with Gasteiger partial charge >= 0.3 is 0 Å². The fourth-order valence-electron chi connectivity index (χ4n) is 3.24. The van der Waals surface area contributed by atoms with Crippen LogP contribution >= 0.6 is 23.4 Å². The zero-order valence-electron chi connectivity index (χ0n) is 15.3. The molecule has 0 aliphatic carbocycles. The summed E-state index contributed by atoms with van der Waals surface area (Å²) >= 11 is 7.37. The van der Waals surface area contributed by atoms with Gasteiger partial charge in [0.25, 0.3) is 11.8 Å². The van der Waals surface area contributed by atoms with Crippen LogP contribution in [-0.4, -0.2) is 22.1 Å². The second-order valence-electron chi connectivity index (χ2n) is 6.59. The number of nitrogens with one attached hydrogen (secondary N) is 1. The SMILES string of the molecule is Nc1ccc(C(c2ccccc2)N2NC(=O)C(Sc3ccccc3Cl)C2=O)cc1. The third kappa shape index (κ3) is 3.95. The molecule has 1 aliphatic heterocycles. The van der Waals surface area contributed by atoms with E-state index in [2.05, 4.69) is 5.43 Å². The molecule has 3 N–H and O–H groups in total. The first-order valence-corrected chi connectivity index (χ1v) is 10.3. The predicted octanol–water partition coefficient (Wildman–Crippen LogP) is 4.05. The highest BCUT2D eigenvalue weighted by Crippen LogP contribution is 2.36. The quantitative estimate of drug-likeness (QED) is 0.479. The van der Waals surface area contributed by atoms with Crippen molar-refractivity contribution in [3.63, 3.8) is 0 Å². The Hall–Kier alpha value is -2.96. The first kappa shape index (κ1) is 19.4. The lowest BCUT2D eigenvalue weighted by molar-refractivity contribution is -0.131. The van der Waals surface area contributed by atoms with Crippen LogP contribution < -0.4 is 11.2 Å². The van der Waals surface area contributed by atoms with E-state index in [0.717, 1.165) is 22.9 Å². The van der Waals surface area contributed by atoms with Gasteiger partial charge in [-0.15, -0.1) is 11.8 Å². The van der Waals surface area contributed by atoms with Gasteiger partial charge in [-0.3, -0.25) is 15.0 Å². The number of nitrogens with two attached hydrogens (primary N) is 1. The number of benzene rings is 3. The van der Waals surface area contributed by atoms with Crippen LogP contribution in [0.2, 0.25) is 5.02 Å². The van der Waals surface area contributed by atoms with Crippen LogP contribution in [0.3, 0.4) is 0 Å². The average molecular weight is 424 g/mol. The molecule has 0 spiro atoms. The summed E-state index contributed by atoms with van der Waals surface area (Å²) in [6.45, 7) is 0. The Balaban J connectivity index is 1.68. The van der Waals surface area contributed by atoms with Crippen molar-refractivity contribution in [1.29, 1.82) is 0 Å². The molecule has 2 atom stereocenters. The molecule has 0 bridgehead atoms. The molecule has 1 heterocycles. The maximum absolute atomic E-state index is 13.2. The minimum atomic E-state index is -0.908. The van der Waals surface area contributed by atoms with E-state index in [1.54, 1.807) is 24.3 Å². The molecule has 5 nitrogen and oxygen atoms in total. The lowest BCUT2D eigenvalue weighted by Crippen LogP contribution is -2.39. The molecular formula is C22H18ClN3O2S. The molecule has 3 aromatic rings. The molecule has 1 fully saturated rings. The maximum Gasteiger partial charge on any atom is 0.265 e. The highest BCUT2D eigenvalue weighted by Gasteiger charge is 2.44. The number of hydrogen-bond acceptors (Lipinski definition) is 4. The molecular weight excluding hydrogens is 406 g/mol. The van der Waals surface area contributed by atoms with Crippen LogP contribution in [0, 0.1) is 0 Å². The number of nitrogen functional groups attached to an aromatic ring is 1. The molecule has 29 heavy (non-hydrogen) atoms. The Morgan fingerprint density at radius 3 is 2.21 bits per heavy atom. The first-order valence-electron chi connectivity index (χ1n) is 9.00. The standard InChI is InChI=1S/C22H18ClN3O2S/c23-17-8-4-5-9-18(17)29-20-21(27)25-26(22(20)28)19(14-6-2-1-3-7-14)15-10-12-16(24)13-11-15/h1-13,19-20H,24H2,(H,25,27). The Labute approximate surface area is 177 Å². The van der Waals surface area contributed by atoms with Crippen molar-refractivity contribution in [2.45, 2.75) is 16.2 Å². The summed E-state index contributed by atoms with van der Waals surface area (Å²) in [6.07, 6.45) is 0.